The Kier molecular flexibility index (Phi) is 9.76. The van der Waals surface area contributed by atoms with Gasteiger partial charge < -0.3 is 30.9 Å². The van der Waals surface area contributed by atoms with E-state index in [0.29, 0.717) is 12.8 Å². The number of hydrogen-bond acceptors (Lipinski definition) is 7. The van der Waals surface area contributed by atoms with Gasteiger partial charge in [0.1, 0.15) is 11.8 Å². The second-order valence-electron chi connectivity index (χ2n) is 11.0. The number of halogens is 5. The van der Waals surface area contributed by atoms with E-state index in [1.807, 2.05) is 0 Å². The van der Waals surface area contributed by atoms with E-state index >= 15 is 0 Å². The van der Waals surface area contributed by atoms with Crippen molar-refractivity contribution in [2.75, 3.05) is 0 Å². The monoisotopic (exact) mass is 627 g/mol. The molecular weight excluding hydrogens is 597 g/mol. The van der Waals surface area contributed by atoms with E-state index in [0.717, 1.165) is 13.3 Å². The molecule has 4 rings (SSSR count). The number of phenols is 1. The number of hydrogen-bond donors (Lipinski definition) is 5. The van der Waals surface area contributed by atoms with Gasteiger partial charge >= 0.3 is 5.97 Å². The number of nitrogens with one attached hydrogen (secondary N) is 3. The largest absolute Gasteiger partial charge is 0.507 e. The summed E-state index contributed by atoms with van der Waals surface area (Å²) in [6.07, 6.45) is -2.77. The Hall–Kier alpha value is -4.27. The molecule has 6 atom stereocenters. The first-order valence-electron chi connectivity index (χ1n) is 13.8. The number of para-hydroxylation sites is 1. The van der Waals surface area contributed by atoms with Gasteiger partial charge in [-0.2, -0.15) is 0 Å². The molecule has 10 nitrogen and oxygen atoms in total. The molecule has 1 saturated heterocycles. The summed E-state index contributed by atoms with van der Waals surface area (Å²) in [6, 6.07) is 0.517. The summed E-state index contributed by atoms with van der Waals surface area (Å²) in [7, 11) is 0. The fraction of sp³-hybridized carbons (Fsp3) is 0.448. The predicted molar refractivity (Wildman–Crippen MR) is 141 cm³/mol. The van der Waals surface area contributed by atoms with Crippen LogP contribution in [0.2, 0.25) is 0 Å². The molecule has 1 aliphatic carbocycles. The Labute approximate surface area is 248 Å². The Morgan fingerprint density at radius 2 is 1.52 bits per heavy atom. The van der Waals surface area contributed by atoms with Crippen molar-refractivity contribution in [1.29, 1.82) is 0 Å². The second kappa shape index (κ2) is 13.2. The van der Waals surface area contributed by atoms with Gasteiger partial charge in [-0.1, -0.05) is 18.6 Å². The Morgan fingerprint density at radius 1 is 0.932 bits per heavy atom. The summed E-state index contributed by atoms with van der Waals surface area (Å²) in [5, 5.41) is 28.3. The topological polar surface area (TPSA) is 154 Å². The van der Waals surface area contributed by atoms with Crippen LogP contribution in [0.3, 0.4) is 0 Å². The molecule has 2 fully saturated rings. The molecule has 1 aliphatic heterocycles. The molecule has 1 unspecified atom stereocenters. The first-order valence-corrected chi connectivity index (χ1v) is 13.8. The average molecular weight is 628 g/mol. The standard InChI is InChI=1S/C29H30F5N3O7/c1-11-24(39)16(10-15-18(30)20(32)22(34)21(33)19(15)31)36-27(41)23(37-26(40)14-8-3-4-9-17(14)38)12(2)35-28(42)25(44-29(11)43)13-6-5-7-13/h3-4,8-9,11-13,16,23-25,38-39H,5-7,10H2,1-2H3,(H,35,42)(H,36,41)(H,37,40)/t11-,12-,16+,23+,24+,25?/m1/s1. The SMILES string of the molecule is C[C@H]1NC(=O)C(C2CCC2)OC(=O)[C@H](C)[C@H](O)[C@H](Cc2c(F)c(F)c(F)c(F)c2F)NC(=O)[C@H]1NC(=O)c1ccccc1O. The number of ether oxygens (including phenoxy) is 1. The number of carbonyl (C=O) groups is 4. The van der Waals surface area contributed by atoms with Crippen LogP contribution < -0.4 is 16.0 Å². The lowest BCUT2D eigenvalue weighted by atomic mass is 9.80. The van der Waals surface area contributed by atoms with Gasteiger partial charge in [-0.25, -0.2) is 22.0 Å². The van der Waals surface area contributed by atoms with E-state index < -0.39 is 113 Å². The van der Waals surface area contributed by atoms with Gasteiger partial charge in [0, 0.05) is 17.9 Å². The van der Waals surface area contributed by atoms with Crippen LogP contribution in [0.4, 0.5) is 22.0 Å². The lowest BCUT2D eigenvalue weighted by molar-refractivity contribution is -0.169. The number of carbonyl (C=O) groups excluding carboxylic acids is 4. The lowest BCUT2D eigenvalue weighted by Gasteiger charge is -2.37. The minimum Gasteiger partial charge on any atom is -0.507 e. The zero-order chi connectivity index (χ0) is 32.5. The molecule has 0 aromatic heterocycles. The van der Waals surface area contributed by atoms with E-state index in [-0.39, 0.29) is 5.56 Å². The van der Waals surface area contributed by atoms with E-state index in [2.05, 4.69) is 16.0 Å². The normalized spacial score (nSPS) is 26.8. The number of aromatic hydroxyl groups is 1. The van der Waals surface area contributed by atoms with E-state index in [1.54, 1.807) is 0 Å². The molecule has 1 saturated carbocycles. The number of esters is 1. The third kappa shape index (κ3) is 6.47. The molecule has 0 spiro atoms. The van der Waals surface area contributed by atoms with Crippen LogP contribution in [-0.2, 0) is 25.5 Å². The summed E-state index contributed by atoms with van der Waals surface area (Å²) < 4.78 is 76.3. The quantitative estimate of drug-likeness (QED) is 0.147. The van der Waals surface area contributed by atoms with Gasteiger partial charge in [0.2, 0.25) is 11.7 Å². The highest BCUT2D eigenvalue weighted by Crippen LogP contribution is 2.33. The number of phenolic OH excluding ortho intramolecular Hbond substituents is 1. The molecule has 15 heteroatoms. The highest BCUT2D eigenvalue weighted by molar-refractivity contribution is 6.00. The third-order valence-electron chi connectivity index (χ3n) is 8.02. The van der Waals surface area contributed by atoms with Crippen molar-refractivity contribution >= 4 is 23.7 Å². The summed E-state index contributed by atoms with van der Waals surface area (Å²) in [4.78, 5) is 52.9. The van der Waals surface area contributed by atoms with Gasteiger partial charge in [-0.05, 0) is 38.8 Å². The van der Waals surface area contributed by atoms with Crippen LogP contribution in [0.15, 0.2) is 24.3 Å². The maximum Gasteiger partial charge on any atom is 0.312 e. The highest BCUT2D eigenvalue weighted by atomic mass is 19.2. The Balaban J connectivity index is 1.75. The Morgan fingerprint density at radius 3 is 2.09 bits per heavy atom. The molecule has 2 aromatic rings. The fourth-order valence-corrected chi connectivity index (χ4v) is 5.10. The maximum absolute atomic E-state index is 14.6. The highest BCUT2D eigenvalue weighted by Gasteiger charge is 2.43. The Bertz CT molecular complexity index is 1440. The molecule has 44 heavy (non-hydrogen) atoms. The molecule has 3 amide bonds. The van der Waals surface area contributed by atoms with Crippen molar-refractivity contribution < 1.29 is 56.1 Å². The zero-order valence-electron chi connectivity index (χ0n) is 23.5. The zero-order valence-corrected chi connectivity index (χ0v) is 23.5. The molecule has 5 N–H and O–H groups in total. The van der Waals surface area contributed by atoms with Crippen LogP contribution in [0.25, 0.3) is 0 Å². The average Bonchev–Trinajstić information content (AvgIpc) is 2.96. The van der Waals surface area contributed by atoms with Gasteiger partial charge in [-0.3, -0.25) is 19.2 Å². The molecule has 2 aliphatic rings. The number of aliphatic hydroxyl groups is 1. The lowest BCUT2D eigenvalue weighted by Crippen LogP contribution is -2.63. The minimum atomic E-state index is -2.41. The van der Waals surface area contributed by atoms with Crippen LogP contribution >= 0.6 is 0 Å². The van der Waals surface area contributed by atoms with Crippen molar-refractivity contribution in [3.05, 3.63) is 64.5 Å². The first-order chi connectivity index (χ1) is 20.7. The number of cyclic esters (lactones) is 1. The third-order valence-corrected chi connectivity index (χ3v) is 8.02. The summed E-state index contributed by atoms with van der Waals surface area (Å²) >= 11 is 0. The number of aliphatic hydroxyl groups excluding tert-OH is 1. The van der Waals surface area contributed by atoms with Gasteiger partial charge in [0.15, 0.2) is 29.4 Å². The van der Waals surface area contributed by atoms with Crippen LogP contribution in [0, 0.1) is 40.9 Å². The van der Waals surface area contributed by atoms with Gasteiger partial charge in [0.25, 0.3) is 11.8 Å². The fourth-order valence-electron chi connectivity index (χ4n) is 5.10. The van der Waals surface area contributed by atoms with E-state index in [9.17, 15) is 51.3 Å². The summed E-state index contributed by atoms with van der Waals surface area (Å²) in [5.41, 5.74) is -1.63. The smallest absolute Gasteiger partial charge is 0.312 e. The molecule has 238 valence electrons. The van der Waals surface area contributed by atoms with Crippen LogP contribution in [0.5, 0.6) is 5.75 Å². The molecule has 2 aromatic carbocycles. The van der Waals surface area contributed by atoms with Crippen molar-refractivity contribution in [3.8, 4) is 5.75 Å². The van der Waals surface area contributed by atoms with E-state index in [1.165, 1.54) is 31.2 Å². The van der Waals surface area contributed by atoms with E-state index in [4.69, 9.17) is 4.74 Å². The molecule has 1 heterocycles. The van der Waals surface area contributed by atoms with Gasteiger partial charge in [-0.15, -0.1) is 0 Å². The summed E-state index contributed by atoms with van der Waals surface area (Å²) in [5.74, 6) is -17.8. The second-order valence-corrected chi connectivity index (χ2v) is 11.0. The number of amides is 3. The molecule has 0 bridgehead atoms. The van der Waals surface area contributed by atoms with Crippen molar-refractivity contribution in [2.45, 2.75) is 69.9 Å². The van der Waals surface area contributed by atoms with Gasteiger partial charge in [0.05, 0.1) is 29.7 Å². The van der Waals surface area contributed by atoms with Crippen LogP contribution in [0.1, 0.15) is 49.0 Å². The number of benzene rings is 2. The van der Waals surface area contributed by atoms with Crippen molar-refractivity contribution in [3.63, 3.8) is 0 Å². The molecular formula is C29H30F5N3O7. The molecule has 0 radical (unpaired) electrons. The number of rotatable bonds is 5. The van der Waals surface area contributed by atoms with Crippen molar-refractivity contribution in [2.24, 2.45) is 11.8 Å². The van der Waals surface area contributed by atoms with Crippen LogP contribution in [-0.4, -0.2) is 64.2 Å². The summed E-state index contributed by atoms with van der Waals surface area (Å²) in [6.45, 7) is 2.45. The van der Waals surface area contributed by atoms with Crippen molar-refractivity contribution in [1.82, 2.24) is 16.0 Å². The first kappa shape index (κ1) is 32.6. The predicted octanol–water partition coefficient (Wildman–Crippen LogP) is 2.14. The maximum atomic E-state index is 14.6. The minimum absolute atomic E-state index is 0.252.